The summed E-state index contributed by atoms with van der Waals surface area (Å²) in [6.45, 7) is 14.8. The first kappa shape index (κ1) is 16.3. The molecule has 0 amide bonds. The van der Waals surface area contributed by atoms with Crippen LogP contribution in [0, 0.1) is 5.92 Å². The van der Waals surface area contributed by atoms with Gasteiger partial charge in [0.05, 0.1) is 0 Å². The minimum absolute atomic E-state index is 0.658. The van der Waals surface area contributed by atoms with E-state index in [1.54, 1.807) is 0 Å². The first-order valence-corrected chi connectivity index (χ1v) is 8.88. The molecule has 1 N–H and O–H groups in total. The van der Waals surface area contributed by atoms with Crippen LogP contribution in [-0.4, -0.2) is 61.2 Å². The normalized spacial score (nSPS) is 25.9. The standard InChI is InChI=1S/C17H35N3/c1-4-15(2)18-13-16(3)20-11-7-17(8-12-20)14-19-9-5-6-10-19/h15-18H,4-14H2,1-3H3. The van der Waals surface area contributed by atoms with Crippen molar-refractivity contribution in [3.05, 3.63) is 0 Å². The predicted octanol–water partition coefficient (Wildman–Crippen LogP) is 2.57. The molecular formula is C17H35N3. The van der Waals surface area contributed by atoms with Crippen molar-refractivity contribution in [3.63, 3.8) is 0 Å². The zero-order valence-corrected chi connectivity index (χ0v) is 13.9. The molecule has 0 aliphatic carbocycles. The first-order chi connectivity index (χ1) is 9.69. The maximum Gasteiger partial charge on any atom is 0.0192 e. The quantitative estimate of drug-likeness (QED) is 0.774. The monoisotopic (exact) mass is 281 g/mol. The molecule has 2 fully saturated rings. The molecule has 3 heteroatoms. The Morgan fingerprint density at radius 1 is 1.05 bits per heavy atom. The largest absolute Gasteiger partial charge is 0.313 e. The molecule has 0 bridgehead atoms. The summed E-state index contributed by atoms with van der Waals surface area (Å²) >= 11 is 0. The van der Waals surface area contributed by atoms with E-state index in [0.717, 1.165) is 12.5 Å². The van der Waals surface area contributed by atoms with Crippen LogP contribution in [0.2, 0.25) is 0 Å². The van der Waals surface area contributed by atoms with Crippen molar-refractivity contribution in [2.75, 3.05) is 39.3 Å². The highest BCUT2D eigenvalue weighted by Gasteiger charge is 2.25. The summed E-state index contributed by atoms with van der Waals surface area (Å²) in [6.07, 6.45) is 6.90. The van der Waals surface area contributed by atoms with E-state index in [0.29, 0.717) is 12.1 Å². The minimum Gasteiger partial charge on any atom is -0.313 e. The van der Waals surface area contributed by atoms with Gasteiger partial charge in [0.15, 0.2) is 0 Å². The third kappa shape index (κ3) is 5.01. The molecule has 20 heavy (non-hydrogen) atoms. The molecule has 3 nitrogen and oxygen atoms in total. The lowest BCUT2D eigenvalue weighted by Gasteiger charge is -2.37. The second kappa shape index (κ2) is 8.35. The Labute approximate surface area is 126 Å². The molecule has 2 unspecified atom stereocenters. The van der Waals surface area contributed by atoms with E-state index in [9.17, 15) is 0 Å². The van der Waals surface area contributed by atoms with Gasteiger partial charge in [-0.25, -0.2) is 0 Å². The van der Waals surface area contributed by atoms with Gasteiger partial charge in [0, 0.05) is 25.2 Å². The Kier molecular flexibility index (Phi) is 6.79. The van der Waals surface area contributed by atoms with Gasteiger partial charge < -0.3 is 10.2 Å². The fourth-order valence-corrected chi connectivity index (χ4v) is 3.55. The lowest BCUT2D eigenvalue weighted by Crippen LogP contribution is -2.47. The van der Waals surface area contributed by atoms with E-state index < -0.39 is 0 Å². The lowest BCUT2D eigenvalue weighted by atomic mass is 9.95. The van der Waals surface area contributed by atoms with Crippen LogP contribution in [0.25, 0.3) is 0 Å². The summed E-state index contributed by atoms with van der Waals surface area (Å²) in [5, 5.41) is 3.65. The fraction of sp³-hybridized carbons (Fsp3) is 1.00. The smallest absolute Gasteiger partial charge is 0.0192 e. The SMILES string of the molecule is CCC(C)NCC(C)N1CCC(CN2CCCC2)CC1. The number of nitrogens with zero attached hydrogens (tertiary/aromatic N) is 2. The van der Waals surface area contributed by atoms with Gasteiger partial charge in [-0.3, -0.25) is 4.90 Å². The highest BCUT2D eigenvalue weighted by atomic mass is 15.2. The van der Waals surface area contributed by atoms with E-state index in [2.05, 4.69) is 35.9 Å². The van der Waals surface area contributed by atoms with Crippen LogP contribution in [0.5, 0.6) is 0 Å². The number of hydrogen-bond acceptors (Lipinski definition) is 3. The van der Waals surface area contributed by atoms with Gasteiger partial charge in [-0.2, -0.15) is 0 Å². The van der Waals surface area contributed by atoms with Gasteiger partial charge in [0.2, 0.25) is 0 Å². The second-order valence-corrected chi connectivity index (χ2v) is 7.05. The van der Waals surface area contributed by atoms with Crippen molar-refractivity contribution in [2.45, 2.75) is 65.0 Å². The van der Waals surface area contributed by atoms with Gasteiger partial charge >= 0.3 is 0 Å². The van der Waals surface area contributed by atoms with Crippen molar-refractivity contribution in [2.24, 2.45) is 5.92 Å². The molecule has 0 spiro atoms. The second-order valence-electron chi connectivity index (χ2n) is 7.05. The van der Waals surface area contributed by atoms with Crippen LogP contribution in [-0.2, 0) is 0 Å². The highest BCUT2D eigenvalue weighted by Crippen LogP contribution is 2.21. The zero-order valence-electron chi connectivity index (χ0n) is 13.9. The Morgan fingerprint density at radius 3 is 2.30 bits per heavy atom. The van der Waals surface area contributed by atoms with Gasteiger partial charge in [-0.15, -0.1) is 0 Å². The molecule has 2 saturated heterocycles. The molecule has 2 aliphatic heterocycles. The summed E-state index contributed by atoms with van der Waals surface area (Å²) < 4.78 is 0. The van der Waals surface area contributed by atoms with Crippen LogP contribution in [0.15, 0.2) is 0 Å². The maximum atomic E-state index is 3.65. The molecular weight excluding hydrogens is 246 g/mol. The van der Waals surface area contributed by atoms with Crippen molar-refractivity contribution >= 4 is 0 Å². The Hall–Kier alpha value is -0.120. The number of nitrogens with one attached hydrogen (secondary N) is 1. The summed E-state index contributed by atoms with van der Waals surface area (Å²) in [5.74, 6) is 0.957. The molecule has 0 aromatic carbocycles. The molecule has 0 aromatic rings. The molecule has 118 valence electrons. The summed E-state index contributed by atoms with van der Waals surface area (Å²) in [7, 11) is 0. The summed E-state index contributed by atoms with van der Waals surface area (Å²) in [4.78, 5) is 5.38. The van der Waals surface area contributed by atoms with E-state index in [4.69, 9.17) is 0 Å². The van der Waals surface area contributed by atoms with Crippen LogP contribution in [0.4, 0.5) is 0 Å². The van der Waals surface area contributed by atoms with Gasteiger partial charge in [-0.1, -0.05) is 6.92 Å². The number of rotatable bonds is 7. The molecule has 0 saturated carbocycles. The van der Waals surface area contributed by atoms with E-state index in [1.165, 1.54) is 64.8 Å². The van der Waals surface area contributed by atoms with Gasteiger partial charge in [0.25, 0.3) is 0 Å². The lowest BCUT2D eigenvalue weighted by molar-refractivity contribution is 0.119. The Balaban J connectivity index is 1.62. The number of piperidine rings is 1. The topological polar surface area (TPSA) is 18.5 Å². The molecule has 2 rings (SSSR count). The number of likely N-dealkylation sites (tertiary alicyclic amines) is 2. The van der Waals surface area contributed by atoms with Crippen molar-refractivity contribution < 1.29 is 0 Å². The molecule has 2 aliphatic rings. The zero-order chi connectivity index (χ0) is 14.4. The third-order valence-electron chi connectivity index (χ3n) is 5.36. The number of hydrogen-bond donors (Lipinski definition) is 1. The third-order valence-corrected chi connectivity index (χ3v) is 5.36. The van der Waals surface area contributed by atoms with Crippen molar-refractivity contribution in [3.8, 4) is 0 Å². The summed E-state index contributed by atoms with van der Waals surface area (Å²) in [6, 6.07) is 1.35. The van der Waals surface area contributed by atoms with Crippen LogP contribution in [0.1, 0.15) is 52.9 Å². The Morgan fingerprint density at radius 2 is 1.70 bits per heavy atom. The van der Waals surface area contributed by atoms with Crippen molar-refractivity contribution in [1.82, 2.24) is 15.1 Å². The average Bonchev–Trinajstić information content (AvgIpc) is 2.98. The summed E-state index contributed by atoms with van der Waals surface area (Å²) in [5.41, 5.74) is 0. The molecule has 0 aromatic heterocycles. The van der Waals surface area contributed by atoms with Crippen LogP contribution >= 0.6 is 0 Å². The van der Waals surface area contributed by atoms with Crippen LogP contribution in [0.3, 0.4) is 0 Å². The minimum atomic E-state index is 0.658. The van der Waals surface area contributed by atoms with Gasteiger partial charge in [-0.05, 0) is 78.0 Å². The molecule has 2 heterocycles. The highest BCUT2D eigenvalue weighted by molar-refractivity contribution is 4.80. The van der Waals surface area contributed by atoms with E-state index >= 15 is 0 Å². The fourth-order valence-electron chi connectivity index (χ4n) is 3.55. The Bertz CT molecular complexity index is 255. The van der Waals surface area contributed by atoms with E-state index in [-0.39, 0.29) is 0 Å². The maximum absolute atomic E-state index is 3.65. The molecule has 2 atom stereocenters. The molecule has 0 radical (unpaired) electrons. The van der Waals surface area contributed by atoms with Crippen molar-refractivity contribution in [1.29, 1.82) is 0 Å². The van der Waals surface area contributed by atoms with Gasteiger partial charge in [0.1, 0.15) is 0 Å². The van der Waals surface area contributed by atoms with Crippen LogP contribution < -0.4 is 5.32 Å². The van der Waals surface area contributed by atoms with E-state index in [1.807, 2.05) is 0 Å². The first-order valence-electron chi connectivity index (χ1n) is 8.88. The predicted molar refractivity (Wildman–Crippen MR) is 87.2 cm³/mol. The average molecular weight is 281 g/mol.